The van der Waals surface area contributed by atoms with Crippen LogP contribution in [0.4, 0.5) is 0 Å². The molecule has 0 spiro atoms. The molecule has 1 fully saturated rings. The number of β-amino-alcohol motifs (C(OH)–C–C–N with tert-alkyl or cyclic N) is 1. The van der Waals surface area contributed by atoms with Gasteiger partial charge >= 0.3 is 0 Å². The van der Waals surface area contributed by atoms with Gasteiger partial charge in [-0.1, -0.05) is 0 Å². The Labute approximate surface area is 102 Å². The number of amides is 1. The van der Waals surface area contributed by atoms with Gasteiger partial charge in [0.2, 0.25) is 0 Å². The fourth-order valence-electron chi connectivity index (χ4n) is 2.31. The monoisotopic (exact) mass is 236 g/mol. The topological polar surface area (TPSA) is 45.5 Å². The number of hydrogen-bond acceptors (Lipinski definition) is 2. The number of hydrogen-bond donors (Lipinski definition) is 1. The van der Waals surface area contributed by atoms with Crippen LogP contribution in [0.3, 0.4) is 0 Å². The molecule has 0 bridgehead atoms. The minimum Gasteiger partial charge on any atom is -0.388 e. The molecule has 0 saturated carbocycles. The third kappa shape index (κ3) is 2.36. The fraction of sp³-hybridized carbons (Fsp3) is 0.615. The number of nitrogens with zero attached hydrogens (tertiary/aromatic N) is 2. The molecule has 1 aliphatic heterocycles. The maximum absolute atomic E-state index is 12.3. The summed E-state index contributed by atoms with van der Waals surface area (Å²) in [6.07, 6.45) is 2.58. The summed E-state index contributed by atoms with van der Waals surface area (Å²) in [5, 5.41) is 9.89. The van der Waals surface area contributed by atoms with Crippen LogP contribution in [-0.2, 0) is 0 Å². The Morgan fingerprint density at radius 2 is 2.24 bits per heavy atom. The van der Waals surface area contributed by atoms with E-state index in [-0.39, 0.29) is 11.9 Å². The first kappa shape index (κ1) is 12.2. The van der Waals surface area contributed by atoms with Crippen LogP contribution >= 0.6 is 0 Å². The lowest BCUT2D eigenvalue weighted by Gasteiger charge is -2.20. The predicted molar refractivity (Wildman–Crippen MR) is 66.0 cm³/mol. The highest BCUT2D eigenvalue weighted by molar-refractivity contribution is 5.93. The van der Waals surface area contributed by atoms with Crippen LogP contribution in [-0.4, -0.2) is 39.2 Å². The molecule has 1 N–H and O–H groups in total. The van der Waals surface area contributed by atoms with Crippen LogP contribution in [0.2, 0.25) is 0 Å². The van der Waals surface area contributed by atoms with Crippen molar-refractivity contribution >= 4 is 5.91 Å². The lowest BCUT2D eigenvalue weighted by atomic mass is 10.1. The molecule has 2 heterocycles. The molecule has 0 radical (unpaired) electrons. The van der Waals surface area contributed by atoms with Crippen LogP contribution in [0, 0.1) is 0 Å². The minimum absolute atomic E-state index is 0.0153. The highest BCUT2D eigenvalue weighted by Gasteiger charge is 2.35. The first-order valence-electron chi connectivity index (χ1n) is 6.09. The van der Waals surface area contributed by atoms with Crippen molar-refractivity contribution in [2.24, 2.45) is 0 Å². The molecule has 94 valence electrons. The fourth-order valence-corrected chi connectivity index (χ4v) is 2.31. The van der Waals surface area contributed by atoms with E-state index >= 15 is 0 Å². The molecule has 1 saturated heterocycles. The van der Waals surface area contributed by atoms with Crippen LogP contribution in [0.15, 0.2) is 18.3 Å². The summed E-state index contributed by atoms with van der Waals surface area (Å²) in [6.45, 7) is 6.94. The minimum atomic E-state index is -0.731. The maximum atomic E-state index is 12.3. The lowest BCUT2D eigenvalue weighted by Crippen LogP contribution is -2.35. The van der Waals surface area contributed by atoms with Gasteiger partial charge in [0.25, 0.3) is 5.91 Å². The molecule has 1 atom stereocenters. The van der Waals surface area contributed by atoms with Gasteiger partial charge in [0.15, 0.2) is 0 Å². The molecule has 0 aliphatic carbocycles. The molecule has 1 aromatic rings. The Morgan fingerprint density at radius 1 is 1.53 bits per heavy atom. The van der Waals surface area contributed by atoms with E-state index in [9.17, 15) is 9.90 Å². The molecule has 1 amide bonds. The third-order valence-electron chi connectivity index (χ3n) is 3.29. The Kier molecular flexibility index (Phi) is 3.00. The van der Waals surface area contributed by atoms with Crippen molar-refractivity contribution in [1.82, 2.24) is 9.47 Å². The van der Waals surface area contributed by atoms with E-state index in [1.165, 1.54) is 0 Å². The van der Waals surface area contributed by atoms with Gasteiger partial charge in [-0.2, -0.15) is 0 Å². The van der Waals surface area contributed by atoms with Crippen molar-refractivity contribution in [1.29, 1.82) is 0 Å². The lowest BCUT2D eigenvalue weighted by molar-refractivity contribution is 0.0565. The van der Waals surface area contributed by atoms with E-state index in [1.54, 1.807) is 11.8 Å². The number of likely N-dealkylation sites (tertiary alicyclic amines) is 1. The van der Waals surface area contributed by atoms with Gasteiger partial charge < -0.3 is 14.6 Å². The normalized spacial score (nSPS) is 24.6. The van der Waals surface area contributed by atoms with Crippen molar-refractivity contribution in [2.75, 3.05) is 13.1 Å². The van der Waals surface area contributed by atoms with E-state index in [0.717, 1.165) is 0 Å². The van der Waals surface area contributed by atoms with E-state index < -0.39 is 5.60 Å². The van der Waals surface area contributed by atoms with Crippen molar-refractivity contribution in [3.63, 3.8) is 0 Å². The van der Waals surface area contributed by atoms with Crippen LogP contribution in [0.25, 0.3) is 0 Å². The van der Waals surface area contributed by atoms with Gasteiger partial charge in [0.05, 0.1) is 5.60 Å². The summed E-state index contributed by atoms with van der Waals surface area (Å²) < 4.78 is 1.97. The standard InChI is InChI=1S/C13H20N2O2/c1-10(2)15-7-4-5-11(15)12(16)14-8-6-13(3,17)9-14/h4-5,7,10,17H,6,8-9H2,1-3H3. The summed E-state index contributed by atoms with van der Waals surface area (Å²) >= 11 is 0. The van der Waals surface area contributed by atoms with Gasteiger partial charge in [-0.15, -0.1) is 0 Å². The second-order valence-corrected chi connectivity index (χ2v) is 5.37. The van der Waals surface area contributed by atoms with Crippen molar-refractivity contribution in [3.8, 4) is 0 Å². The SMILES string of the molecule is CC(C)n1cccc1C(=O)N1CCC(C)(O)C1. The first-order chi connectivity index (χ1) is 7.91. The van der Waals surface area contributed by atoms with Crippen LogP contribution in [0.5, 0.6) is 0 Å². The van der Waals surface area contributed by atoms with Crippen LogP contribution in [0.1, 0.15) is 43.7 Å². The summed E-state index contributed by atoms with van der Waals surface area (Å²) in [5.74, 6) is 0.0153. The van der Waals surface area contributed by atoms with E-state index in [1.807, 2.05) is 22.9 Å². The van der Waals surface area contributed by atoms with Crippen molar-refractivity contribution in [3.05, 3.63) is 24.0 Å². The van der Waals surface area contributed by atoms with E-state index in [4.69, 9.17) is 0 Å². The zero-order chi connectivity index (χ0) is 12.6. The van der Waals surface area contributed by atoms with E-state index in [0.29, 0.717) is 25.2 Å². The number of aliphatic hydroxyl groups is 1. The number of carbonyl (C=O) groups is 1. The average molecular weight is 236 g/mol. The predicted octanol–water partition coefficient (Wildman–Crippen LogP) is 1.67. The number of carbonyl (C=O) groups excluding carboxylic acids is 1. The molecule has 17 heavy (non-hydrogen) atoms. The third-order valence-corrected chi connectivity index (χ3v) is 3.29. The zero-order valence-corrected chi connectivity index (χ0v) is 10.7. The maximum Gasteiger partial charge on any atom is 0.270 e. The van der Waals surface area contributed by atoms with Gasteiger partial charge in [-0.3, -0.25) is 4.79 Å². The highest BCUT2D eigenvalue weighted by atomic mass is 16.3. The number of rotatable bonds is 2. The molecular formula is C13H20N2O2. The molecule has 4 nitrogen and oxygen atoms in total. The molecule has 1 unspecified atom stereocenters. The summed E-state index contributed by atoms with van der Waals surface area (Å²) in [4.78, 5) is 14.0. The largest absolute Gasteiger partial charge is 0.388 e. The van der Waals surface area contributed by atoms with Crippen molar-refractivity contribution < 1.29 is 9.90 Å². The quantitative estimate of drug-likeness (QED) is 0.849. The van der Waals surface area contributed by atoms with Gasteiger partial charge in [-0.25, -0.2) is 0 Å². The smallest absolute Gasteiger partial charge is 0.270 e. The molecule has 1 aliphatic rings. The van der Waals surface area contributed by atoms with Gasteiger partial charge in [0, 0.05) is 25.3 Å². The summed E-state index contributed by atoms with van der Waals surface area (Å²) in [5.41, 5.74) is -0.0250. The molecular weight excluding hydrogens is 216 g/mol. The summed E-state index contributed by atoms with van der Waals surface area (Å²) in [7, 11) is 0. The second-order valence-electron chi connectivity index (χ2n) is 5.37. The van der Waals surface area contributed by atoms with Gasteiger partial charge in [-0.05, 0) is 39.3 Å². The van der Waals surface area contributed by atoms with E-state index in [2.05, 4.69) is 13.8 Å². The highest BCUT2D eigenvalue weighted by Crippen LogP contribution is 2.23. The Hall–Kier alpha value is -1.29. The molecule has 0 aromatic carbocycles. The van der Waals surface area contributed by atoms with Crippen LogP contribution < -0.4 is 0 Å². The van der Waals surface area contributed by atoms with Gasteiger partial charge in [0.1, 0.15) is 5.69 Å². The Balaban J connectivity index is 2.18. The molecule has 1 aromatic heterocycles. The van der Waals surface area contributed by atoms with Crippen molar-refractivity contribution in [2.45, 2.75) is 38.8 Å². The molecule has 2 rings (SSSR count). The Bertz CT molecular complexity index is 421. The molecule has 4 heteroatoms. The number of aromatic nitrogens is 1. The average Bonchev–Trinajstić information content (AvgIpc) is 2.82. The first-order valence-corrected chi connectivity index (χ1v) is 6.09. The second kappa shape index (κ2) is 4.18. The summed E-state index contributed by atoms with van der Waals surface area (Å²) in [6, 6.07) is 4.00. The zero-order valence-electron chi connectivity index (χ0n) is 10.7. The Morgan fingerprint density at radius 3 is 2.76 bits per heavy atom.